The van der Waals surface area contributed by atoms with Crippen LogP contribution in [0.15, 0.2) is 22.7 Å². The van der Waals surface area contributed by atoms with Gasteiger partial charge in [0.2, 0.25) is 0 Å². The third-order valence-corrected chi connectivity index (χ3v) is 2.63. The van der Waals surface area contributed by atoms with E-state index in [0.717, 1.165) is 17.2 Å². The summed E-state index contributed by atoms with van der Waals surface area (Å²) in [7, 11) is 0. The third kappa shape index (κ3) is 3.20. The lowest BCUT2D eigenvalue weighted by molar-refractivity contribution is 0.346. The molecule has 98 valence electrons. The smallest absolute Gasteiger partial charge is 0.117 e. The summed E-state index contributed by atoms with van der Waals surface area (Å²) in [6, 6.07) is 3.95. The number of hydrogen-bond acceptors (Lipinski definition) is 4. The summed E-state index contributed by atoms with van der Waals surface area (Å²) in [4.78, 5) is 0. The van der Waals surface area contributed by atoms with Gasteiger partial charge in [0.1, 0.15) is 11.5 Å². The van der Waals surface area contributed by atoms with Crippen molar-refractivity contribution in [3.63, 3.8) is 0 Å². The van der Waals surface area contributed by atoms with Crippen molar-refractivity contribution in [2.45, 2.75) is 46.3 Å². The van der Waals surface area contributed by atoms with Crippen molar-refractivity contribution in [1.29, 1.82) is 0 Å². The first-order chi connectivity index (χ1) is 8.45. The maximum absolute atomic E-state index is 5.48. The Kier molecular flexibility index (Phi) is 3.52. The van der Waals surface area contributed by atoms with Crippen LogP contribution >= 0.6 is 0 Å². The Morgan fingerprint density at radius 3 is 2.61 bits per heavy atom. The molecule has 0 bridgehead atoms. The standard InChI is InChI=1S/C13H20N4O/c1-10-5-6-12(18-10)8-14-7-11-9-17(16-15-11)13(2,3)4/h5-6,9,14H,7-8H2,1-4H3. The molecule has 0 aliphatic rings. The average Bonchev–Trinajstić information content (AvgIpc) is 2.87. The van der Waals surface area contributed by atoms with Crippen LogP contribution in [0.25, 0.3) is 0 Å². The van der Waals surface area contributed by atoms with E-state index in [1.807, 2.05) is 29.9 Å². The zero-order chi connectivity index (χ0) is 13.2. The van der Waals surface area contributed by atoms with Crippen molar-refractivity contribution in [2.75, 3.05) is 0 Å². The molecule has 1 N–H and O–H groups in total. The van der Waals surface area contributed by atoms with Crippen LogP contribution in [0.4, 0.5) is 0 Å². The second-order valence-electron chi connectivity index (χ2n) is 5.44. The predicted molar refractivity (Wildman–Crippen MR) is 69.0 cm³/mol. The highest BCUT2D eigenvalue weighted by Gasteiger charge is 2.14. The normalized spacial score (nSPS) is 12.0. The van der Waals surface area contributed by atoms with E-state index in [2.05, 4.69) is 36.4 Å². The van der Waals surface area contributed by atoms with Crippen molar-refractivity contribution in [2.24, 2.45) is 0 Å². The SMILES string of the molecule is Cc1ccc(CNCc2cn(C(C)(C)C)nn2)o1. The molecular weight excluding hydrogens is 228 g/mol. The number of aromatic nitrogens is 3. The Morgan fingerprint density at radius 2 is 2.06 bits per heavy atom. The molecular formula is C13H20N4O. The average molecular weight is 248 g/mol. The van der Waals surface area contributed by atoms with E-state index in [0.29, 0.717) is 13.1 Å². The molecule has 0 saturated heterocycles. The second-order valence-corrected chi connectivity index (χ2v) is 5.44. The van der Waals surface area contributed by atoms with Crippen LogP contribution in [-0.2, 0) is 18.6 Å². The van der Waals surface area contributed by atoms with Gasteiger partial charge in [-0.3, -0.25) is 0 Å². The van der Waals surface area contributed by atoms with Crippen LogP contribution in [0.3, 0.4) is 0 Å². The van der Waals surface area contributed by atoms with E-state index in [-0.39, 0.29) is 5.54 Å². The Bertz CT molecular complexity index is 507. The molecule has 2 rings (SSSR count). The maximum Gasteiger partial charge on any atom is 0.117 e. The molecule has 0 unspecified atom stereocenters. The van der Waals surface area contributed by atoms with E-state index >= 15 is 0 Å². The van der Waals surface area contributed by atoms with Crippen LogP contribution in [0.1, 0.15) is 38.0 Å². The lowest BCUT2D eigenvalue weighted by Gasteiger charge is -2.17. The van der Waals surface area contributed by atoms with Gasteiger partial charge in [-0.05, 0) is 39.8 Å². The molecule has 0 atom stereocenters. The summed E-state index contributed by atoms with van der Waals surface area (Å²) in [6.45, 7) is 9.64. The Labute approximate surface area is 107 Å². The van der Waals surface area contributed by atoms with Crippen LogP contribution < -0.4 is 5.32 Å². The van der Waals surface area contributed by atoms with Crippen molar-refractivity contribution >= 4 is 0 Å². The number of rotatable bonds is 4. The molecule has 5 nitrogen and oxygen atoms in total. The van der Waals surface area contributed by atoms with Gasteiger partial charge in [0.25, 0.3) is 0 Å². The minimum Gasteiger partial charge on any atom is -0.465 e. The molecule has 0 radical (unpaired) electrons. The largest absolute Gasteiger partial charge is 0.465 e. The Morgan fingerprint density at radius 1 is 1.28 bits per heavy atom. The fraction of sp³-hybridized carbons (Fsp3) is 0.538. The highest BCUT2D eigenvalue weighted by Crippen LogP contribution is 2.11. The highest BCUT2D eigenvalue weighted by molar-refractivity contribution is 5.05. The van der Waals surface area contributed by atoms with Crippen LogP contribution in [0.2, 0.25) is 0 Å². The lowest BCUT2D eigenvalue weighted by Crippen LogP contribution is -2.22. The van der Waals surface area contributed by atoms with E-state index in [9.17, 15) is 0 Å². The quantitative estimate of drug-likeness (QED) is 0.901. The molecule has 0 amide bonds. The number of aryl methyl sites for hydroxylation is 1. The van der Waals surface area contributed by atoms with Gasteiger partial charge in [-0.25, -0.2) is 4.68 Å². The molecule has 0 fully saturated rings. The number of nitrogens with one attached hydrogen (secondary N) is 1. The van der Waals surface area contributed by atoms with Gasteiger partial charge in [-0.1, -0.05) is 5.21 Å². The fourth-order valence-electron chi connectivity index (χ4n) is 1.60. The first kappa shape index (κ1) is 12.8. The molecule has 0 aromatic carbocycles. The van der Waals surface area contributed by atoms with Crippen LogP contribution in [-0.4, -0.2) is 15.0 Å². The molecule has 5 heteroatoms. The van der Waals surface area contributed by atoms with Crippen molar-refractivity contribution in [3.05, 3.63) is 35.5 Å². The molecule has 2 aromatic rings. The van der Waals surface area contributed by atoms with E-state index in [1.165, 1.54) is 0 Å². The van der Waals surface area contributed by atoms with Gasteiger partial charge in [-0.15, -0.1) is 5.10 Å². The van der Waals surface area contributed by atoms with Gasteiger partial charge < -0.3 is 9.73 Å². The van der Waals surface area contributed by atoms with Gasteiger partial charge in [0.15, 0.2) is 0 Å². The van der Waals surface area contributed by atoms with Gasteiger partial charge in [-0.2, -0.15) is 0 Å². The topological polar surface area (TPSA) is 55.9 Å². The highest BCUT2D eigenvalue weighted by atomic mass is 16.3. The summed E-state index contributed by atoms with van der Waals surface area (Å²) < 4.78 is 7.35. The fourth-order valence-corrected chi connectivity index (χ4v) is 1.60. The second kappa shape index (κ2) is 4.94. The first-order valence-electron chi connectivity index (χ1n) is 6.13. The molecule has 0 aliphatic carbocycles. The van der Waals surface area contributed by atoms with Crippen molar-refractivity contribution in [1.82, 2.24) is 20.3 Å². The van der Waals surface area contributed by atoms with E-state index in [4.69, 9.17) is 4.42 Å². The monoisotopic (exact) mass is 248 g/mol. The van der Waals surface area contributed by atoms with Crippen LogP contribution in [0.5, 0.6) is 0 Å². The number of furan rings is 1. The summed E-state index contributed by atoms with van der Waals surface area (Å²) in [5.41, 5.74) is 0.914. The van der Waals surface area contributed by atoms with E-state index in [1.54, 1.807) is 0 Å². The number of hydrogen-bond donors (Lipinski definition) is 1. The number of nitrogens with zero attached hydrogens (tertiary/aromatic N) is 3. The molecule has 0 spiro atoms. The zero-order valence-electron chi connectivity index (χ0n) is 11.4. The van der Waals surface area contributed by atoms with Gasteiger partial charge in [0.05, 0.1) is 24.0 Å². The molecule has 2 heterocycles. The third-order valence-electron chi connectivity index (χ3n) is 2.63. The minimum atomic E-state index is -0.0244. The summed E-state index contributed by atoms with van der Waals surface area (Å²) in [5, 5.41) is 11.5. The maximum atomic E-state index is 5.48. The zero-order valence-corrected chi connectivity index (χ0v) is 11.4. The van der Waals surface area contributed by atoms with Crippen LogP contribution in [0, 0.1) is 6.92 Å². The lowest BCUT2D eigenvalue weighted by atomic mass is 10.1. The summed E-state index contributed by atoms with van der Waals surface area (Å²) >= 11 is 0. The Balaban J connectivity index is 1.85. The molecule has 0 saturated carbocycles. The molecule has 18 heavy (non-hydrogen) atoms. The Hall–Kier alpha value is -1.62. The first-order valence-corrected chi connectivity index (χ1v) is 6.13. The molecule has 0 aliphatic heterocycles. The van der Waals surface area contributed by atoms with Gasteiger partial charge >= 0.3 is 0 Å². The summed E-state index contributed by atoms with van der Waals surface area (Å²) in [5.74, 6) is 1.88. The van der Waals surface area contributed by atoms with E-state index < -0.39 is 0 Å². The summed E-state index contributed by atoms with van der Waals surface area (Å²) in [6.07, 6.45) is 1.97. The van der Waals surface area contributed by atoms with Crippen molar-refractivity contribution < 1.29 is 4.42 Å². The minimum absolute atomic E-state index is 0.0244. The molecule has 2 aromatic heterocycles. The van der Waals surface area contributed by atoms with Crippen molar-refractivity contribution in [3.8, 4) is 0 Å². The predicted octanol–water partition coefficient (Wildman–Crippen LogP) is 2.22. The van der Waals surface area contributed by atoms with Gasteiger partial charge in [0, 0.05) is 6.54 Å².